The number of nitro benzene ring substituents is 1. The number of rotatable bonds is 4. The van der Waals surface area contributed by atoms with Crippen molar-refractivity contribution in [3.63, 3.8) is 0 Å². The third kappa shape index (κ3) is 3.63. The van der Waals surface area contributed by atoms with Crippen LogP contribution in [0, 0.1) is 10.1 Å². The Morgan fingerprint density at radius 2 is 1.86 bits per heavy atom. The van der Waals surface area contributed by atoms with Gasteiger partial charge < -0.3 is 4.90 Å². The van der Waals surface area contributed by atoms with Crippen molar-refractivity contribution >= 4 is 34.9 Å². The molecule has 0 N–H and O–H groups in total. The fourth-order valence-corrected chi connectivity index (χ4v) is 3.80. The smallest absolute Gasteiger partial charge is 0.271 e. The molecule has 0 saturated heterocycles. The summed E-state index contributed by atoms with van der Waals surface area (Å²) in [5, 5.41) is 10.8. The van der Waals surface area contributed by atoms with Gasteiger partial charge in [0.2, 0.25) is 0 Å². The molecule has 8 heteroatoms. The van der Waals surface area contributed by atoms with Crippen molar-refractivity contribution in [1.29, 1.82) is 0 Å². The van der Waals surface area contributed by atoms with Gasteiger partial charge in [-0.2, -0.15) is 0 Å². The summed E-state index contributed by atoms with van der Waals surface area (Å²) in [6.45, 7) is 0.763. The van der Waals surface area contributed by atoms with Gasteiger partial charge in [0, 0.05) is 17.8 Å². The van der Waals surface area contributed by atoms with Gasteiger partial charge in [-0.25, -0.2) is 4.99 Å². The van der Waals surface area contributed by atoms with Crippen LogP contribution in [0.2, 0.25) is 0 Å². The number of hydrogen-bond donors (Lipinski definition) is 0. The number of allylic oxidation sites excluding steroid dienone is 1. The van der Waals surface area contributed by atoms with Crippen molar-refractivity contribution in [3.8, 4) is 0 Å². The lowest BCUT2D eigenvalue weighted by Crippen LogP contribution is -2.42. The number of aromatic nitrogens is 1. The quantitative estimate of drug-likeness (QED) is 0.504. The Labute approximate surface area is 164 Å². The molecule has 1 aromatic heterocycles. The predicted octanol–water partition coefficient (Wildman–Crippen LogP) is 2.37. The van der Waals surface area contributed by atoms with Crippen LogP contribution in [0.3, 0.4) is 0 Å². The molecule has 0 saturated carbocycles. The van der Waals surface area contributed by atoms with E-state index in [9.17, 15) is 14.9 Å². The number of nitrogens with zero attached hydrogens (tertiary/aromatic N) is 4. The highest BCUT2D eigenvalue weighted by Crippen LogP contribution is 2.20. The van der Waals surface area contributed by atoms with Gasteiger partial charge >= 0.3 is 0 Å². The minimum absolute atomic E-state index is 0.0353. The zero-order valence-corrected chi connectivity index (χ0v) is 15.6. The summed E-state index contributed by atoms with van der Waals surface area (Å²) in [5.74, 6) is 0. The van der Waals surface area contributed by atoms with E-state index in [4.69, 9.17) is 0 Å². The molecule has 0 amide bonds. The summed E-state index contributed by atoms with van der Waals surface area (Å²) < 4.78 is 2.24. The molecule has 2 heterocycles. The predicted molar refractivity (Wildman–Crippen MR) is 110 cm³/mol. The van der Waals surface area contributed by atoms with Crippen LogP contribution in [0.15, 0.2) is 70.5 Å². The van der Waals surface area contributed by atoms with Crippen LogP contribution >= 0.6 is 11.3 Å². The molecular formula is C20H16N4O3S. The number of thiazole rings is 1. The Hall–Kier alpha value is -3.52. The first-order valence-electron chi connectivity index (χ1n) is 8.59. The molecule has 1 aliphatic rings. The Balaban J connectivity index is 1.58. The van der Waals surface area contributed by atoms with Gasteiger partial charge in [-0.3, -0.25) is 19.5 Å². The first kappa shape index (κ1) is 17.9. The zero-order chi connectivity index (χ0) is 19.5. The van der Waals surface area contributed by atoms with Crippen LogP contribution in [0.25, 0.3) is 12.2 Å². The van der Waals surface area contributed by atoms with Gasteiger partial charge in [0.05, 0.1) is 9.46 Å². The number of hydrogen-bond acceptors (Lipinski definition) is 6. The third-order valence-electron chi connectivity index (χ3n) is 4.34. The molecule has 140 valence electrons. The topological polar surface area (TPSA) is 80.7 Å². The average Bonchev–Trinajstić information content (AvgIpc) is 3.04. The zero-order valence-electron chi connectivity index (χ0n) is 14.8. The molecule has 0 aliphatic carbocycles. The fourth-order valence-electron chi connectivity index (χ4n) is 2.89. The van der Waals surface area contributed by atoms with E-state index in [0.29, 0.717) is 22.7 Å². The van der Waals surface area contributed by atoms with E-state index in [0.717, 1.165) is 11.3 Å². The number of anilines is 1. The van der Waals surface area contributed by atoms with Crippen LogP contribution in [0.4, 0.5) is 11.4 Å². The van der Waals surface area contributed by atoms with E-state index >= 15 is 0 Å². The van der Waals surface area contributed by atoms with E-state index in [2.05, 4.69) is 4.99 Å². The van der Waals surface area contributed by atoms with Crippen molar-refractivity contribution in [1.82, 2.24) is 4.57 Å². The van der Waals surface area contributed by atoms with Gasteiger partial charge in [0.1, 0.15) is 13.3 Å². The van der Waals surface area contributed by atoms with Gasteiger partial charge in [0.15, 0.2) is 4.80 Å². The molecular weight excluding hydrogens is 376 g/mol. The van der Waals surface area contributed by atoms with Crippen LogP contribution in [0.5, 0.6) is 0 Å². The van der Waals surface area contributed by atoms with Crippen molar-refractivity contribution in [2.24, 2.45) is 4.99 Å². The fraction of sp³-hybridized carbons (Fsp3) is 0.100. The lowest BCUT2D eigenvalue weighted by molar-refractivity contribution is -0.384. The maximum atomic E-state index is 12.7. The normalized spacial score (nSPS) is 14.1. The molecule has 28 heavy (non-hydrogen) atoms. The molecule has 3 aromatic rings. The SMILES string of the molecule is O=c1/c(=C/C=C/c2ccccc2)sc2n1CN(c1ccc([N+](=O)[O-])cc1)CN=2. The standard InChI is InChI=1S/C20H16N4O3S/c25-19-18(8-4-7-15-5-2-1-3-6-15)28-20-21-13-22(14-23(19)20)16-9-11-17(12-10-16)24(26)27/h1-12H,13-14H2/b7-4+,18-8-. The van der Waals surface area contributed by atoms with Gasteiger partial charge in [-0.1, -0.05) is 53.8 Å². The van der Waals surface area contributed by atoms with Crippen LogP contribution in [-0.2, 0) is 6.67 Å². The lowest BCUT2D eigenvalue weighted by atomic mass is 10.2. The Morgan fingerprint density at radius 1 is 1.11 bits per heavy atom. The molecule has 0 bridgehead atoms. The molecule has 7 nitrogen and oxygen atoms in total. The van der Waals surface area contributed by atoms with E-state index in [1.807, 2.05) is 47.4 Å². The highest BCUT2D eigenvalue weighted by atomic mass is 32.1. The molecule has 2 aromatic carbocycles. The second-order valence-electron chi connectivity index (χ2n) is 6.17. The monoisotopic (exact) mass is 392 g/mol. The summed E-state index contributed by atoms with van der Waals surface area (Å²) >= 11 is 1.36. The van der Waals surface area contributed by atoms with E-state index in [-0.39, 0.29) is 11.2 Å². The lowest BCUT2D eigenvalue weighted by Gasteiger charge is -2.25. The summed E-state index contributed by atoms with van der Waals surface area (Å²) in [7, 11) is 0. The largest absolute Gasteiger partial charge is 0.334 e. The number of nitro groups is 1. The highest BCUT2D eigenvalue weighted by molar-refractivity contribution is 7.07. The first-order chi connectivity index (χ1) is 13.6. The third-order valence-corrected chi connectivity index (χ3v) is 5.40. The van der Waals surface area contributed by atoms with Crippen LogP contribution in [-0.4, -0.2) is 16.2 Å². The molecule has 0 spiro atoms. The molecule has 0 fully saturated rings. The van der Waals surface area contributed by atoms with Gasteiger partial charge in [0.25, 0.3) is 11.2 Å². The second kappa shape index (κ2) is 7.61. The molecule has 0 atom stereocenters. The first-order valence-corrected chi connectivity index (χ1v) is 9.40. The number of benzene rings is 2. The summed E-state index contributed by atoms with van der Waals surface area (Å²) in [5.41, 5.74) is 1.79. The maximum absolute atomic E-state index is 12.7. The maximum Gasteiger partial charge on any atom is 0.271 e. The van der Waals surface area contributed by atoms with Crippen molar-refractivity contribution in [2.75, 3.05) is 11.6 Å². The molecule has 0 unspecified atom stereocenters. The minimum atomic E-state index is -0.434. The van der Waals surface area contributed by atoms with E-state index in [1.165, 1.54) is 23.5 Å². The molecule has 0 radical (unpaired) electrons. The van der Waals surface area contributed by atoms with Crippen molar-refractivity contribution < 1.29 is 4.92 Å². The number of fused-ring (bicyclic) bond motifs is 1. The van der Waals surface area contributed by atoms with Gasteiger partial charge in [-0.05, 0) is 23.8 Å². The van der Waals surface area contributed by atoms with E-state index in [1.54, 1.807) is 22.8 Å². The molecule has 1 aliphatic heterocycles. The highest BCUT2D eigenvalue weighted by Gasteiger charge is 2.16. The van der Waals surface area contributed by atoms with Crippen molar-refractivity contribution in [2.45, 2.75) is 6.67 Å². The number of non-ortho nitro benzene ring substituents is 1. The summed E-state index contributed by atoms with van der Waals surface area (Å²) in [6, 6.07) is 16.1. The average molecular weight is 392 g/mol. The Morgan fingerprint density at radius 3 is 2.57 bits per heavy atom. The van der Waals surface area contributed by atoms with Crippen molar-refractivity contribution in [3.05, 3.63) is 96.0 Å². The van der Waals surface area contributed by atoms with E-state index < -0.39 is 4.92 Å². The molecule has 4 rings (SSSR count). The minimum Gasteiger partial charge on any atom is -0.334 e. The Kier molecular flexibility index (Phi) is 4.86. The summed E-state index contributed by atoms with van der Waals surface area (Å²) in [6.07, 6.45) is 5.61. The van der Waals surface area contributed by atoms with Gasteiger partial charge in [-0.15, -0.1) is 0 Å². The summed E-state index contributed by atoms with van der Waals surface area (Å²) in [4.78, 5) is 30.1. The second-order valence-corrected chi connectivity index (χ2v) is 7.18. The Bertz CT molecular complexity index is 1210. The van der Waals surface area contributed by atoms with Crippen LogP contribution in [0.1, 0.15) is 5.56 Å². The van der Waals surface area contributed by atoms with Crippen LogP contribution < -0.4 is 19.8 Å².